The molecule has 1 heterocycles. The minimum atomic E-state index is 0.448. The van der Waals surface area contributed by atoms with Crippen molar-refractivity contribution in [3.63, 3.8) is 0 Å². The van der Waals surface area contributed by atoms with Gasteiger partial charge in [-0.1, -0.05) is 31.5 Å². The Morgan fingerprint density at radius 1 is 1.19 bits per heavy atom. The molecular formula is C19H32N2. The third-order valence-electron chi connectivity index (χ3n) is 4.87. The minimum absolute atomic E-state index is 0.448. The molecule has 21 heavy (non-hydrogen) atoms. The van der Waals surface area contributed by atoms with Crippen molar-refractivity contribution in [2.24, 2.45) is 5.92 Å². The number of likely N-dealkylation sites (N-methyl/N-ethyl adjacent to an activating group) is 1. The van der Waals surface area contributed by atoms with E-state index in [0.717, 1.165) is 19.0 Å². The quantitative estimate of drug-likeness (QED) is 0.881. The van der Waals surface area contributed by atoms with E-state index in [4.69, 9.17) is 0 Å². The number of hydrogen-bond acceptors (Lipinski definition) is 2. The molecule has 1 aromatic carbocycles. The van der Waals surface area contributed by atoms with Crippen LogP contribution < -0.4 is 5.32 Å². The SMILES string of the molecule is CCNC(CN1CC(C)CC1C)c1c(C)cc(C)cc1C. The Morgan fingerprint density at radius 3 is 2.29 bits per heavy atom. The van der Waals surface area contributed by atoms with Gasteiger partial charge in [0, 0.05) is 25.2 Å². The summed E-state index contributed by atoms with van der Waals surface area (Å²) in [5.74, 6) is 0.836. The summed E-state index contributed by atoms with van der Waals surface area (Å²) in [5, 5.41) is 3.72. The van der Waals surface area contributed by atoms with Crippen LogP contribution >= 0.6 is 0 Å². The van der Waals surface area contributed by atoms with E-state index in [1.165, 1.54) is 35.2 Å². The van der Waals surface area contributed by atoms with Gasteiger partial charge in [-0.15, -0.1) is 0 Å². The molecule has 0 saturated carbocycles. The number of nitrogens with zero attached hydrogens (tertiary/aromatic N) is 1. The lowest BCUT2D eigenvalue weighted by atomic mass is 9.93. The van der Waals surface area contributed by atoms with Crippen LogP contribution in [0.2, 0.25) is 0 Å². The first-order valence-corrected chi connectivity index (χ1v) is 8.47. The van der Waals surface area contributed by atoms with Crippen molar-refractivity contribution < 1.29 is 0 Å². The molecule has 0 aromatic heterocycles. The van der Waals surface area contributed by atoms with Crippen LogP contribution in [-0.4, -0.2) is 30.6 Å². The van der Waals surface area contributed by atoms with E-state index in [-0.39, 0.29) is 0 Å². The second kappa shape index (κ2) is 6.93. The molecule has 1 aliphatic rings. The van der Waals surface area contributed by atoms with Gasteiger partial charge in [-0.05, 0) is 63.3 Å². The van der Waals surface area contributed by atoms with E-state index < -0.39 is 0 Å². The second-order valence-corrected chi connectivity index (χ2v) is 7.07. The third kappa shape index (κ3) is 3.87. The van der Waals surface area contributed by atoms with Crippen molar-refractivity contribution in [1.82, 2.24) is 10.2 Å². The molecule has 118 valence electrons. The van der Waals surface area contributed by atoms with E-state index in [9.17, 15) is 0 Å². The van der Waals surface area contributed by atoms with Crippen molar-refractivity contribution in [3.05, 3.63) is 34.4 Å². The molecule has 3 atom stereocenters. The van der Waals surface area contributed by atoms with Crippen molar-refractivity contribution >= 4 is 0 Å². The predicted molar refractivity (Wildman–Crippen MR) is 91.9 cm³/mol. The highest BCUT2D eigenvalue weighted by Gasteiger charge is 2.29. The molecule has 0 spiro atoms. The Hall–Kier alpha value is -0.860. The number of nitrogens with one attached hydrogen (secondary N) is 1. The largest absolute Gasteiger partial charge is 0.309 e. The first-order chi connectivity index (χ1) is 9.92. The van der Waals surface area contributed by atoms with Crippen LogP contribution in [0.4, 0.5) is 0 Å². The molecule has 1 aromatic rings. The van der Waals surface area contributed by atoms with Gasteiger partial charge in [0.05, 0.1) is 0 Å². The molecule has 1 N–H and O–H groups in total. The zero-order valence-corrected chi connectivity index (χ0v) is 14.7. The van der Waals surface area contributed by atoms with Crippen LogP contribution in [0, 0.1) is 26.7 Å². The summed E-state index contributed by atoms with van der Waals surface area (Å²) in [6, 6.07) is 5.81. The fourth-order valence-corrected chi connectivity index (χ4v) is 4.12. The number of rotatable bonds is 5. The minimum Gasteiger partial charge on any atom is -0.309 e. The highest BCUT2D eigenvalue weighted by Crippen LogP contribution is 2.28. The Kier molecular flexibility index (Phi) is 5.45. The number of hydrogen-bond donors (Lipinski definition) is 1. The molecular weight excluding hydrogens is 256 g/mol. The zero-order valence-electron chi connectivity index (χ0n) is 14.7. The first kappa shape index (κ1) is 16.5. The molecule has 0 aliphatic carbocycles. The van der Waals surface area contributed by atoms with Crippen LogP contribution in [0.5, 0.6) is 0 Å². The van der Waals surface area contributed by atoms with Gasteiger partial charge >= 0.3 is 0 Å². The van der Waals surface area contributed by atoms with Gasteiger partial charge in [-0.25, -0.2) is 0 Å². The average Bonchev–Trinajstić information content (AvgIpc) is 2.66. The lowest BCUT2D eigenvalue weighted by Crippen LogP contribution is -2.37. The lowest BCUT2D eigenvalue weighted by molar-refractivity contribution is 0.234. The van der Waals surface area contributed by atoms with Gasteiger partial charge in [-0.3, -0.25) is 4.90 Å². The summed E-state index contributed by atoms with van der Waals surface area (Å²) in [6.45, 7) is 17.1. The van der Waals surface area contributed by atoms with Gasteiger partial charge in [0.2, 0.25) is 0 Å². The van der Waals surface area contributed by atoms with Crippen molar-refractivity contribution in [2.45, 2.75) is 60.0 Å². The lowest BCUT2D eigenvalue weighted by Gasteiger charge is -2.30. The molecule has 2 heteroatoms. The Balaban J connectivity index is 2.23. The summed E-state index contributed by atoms with van der Waals surface area (Å²) in [4.78, 5) is 2.66. The third-order valence-corrected chi connectivity index (χ3v) is 4.87. The topological polar surface area (TPSA) is 15.3 Å². The van der Waals surface area contributed by atoms with Crippen molar-refractivity contribution in [1.29, 1.82) is 0 Å². The van der Waals surface area contributed by atoms with Crippen LogP contribution in [0.3, 0.4) is 0 Å². The van der Waals surface area contributed by atoms with Gasteiger partial charge in [-0.2, -0.15) is 0 Å². The molecule has 1 fully saturated rings. The highest BCUT2D eigenvalue weighted by molar-refractivity contribution is 5.40. The smallest absolute Gasteiger partial charge is 0.0454 e. The zero-order chi connectivity index (χ0) is 15.6. The van der Waals surface area contributed by atoms with Gasteiger partial charge in [0.25, 0.3) is 0 Å². The van der Waals surface area contributed by atoms with Crippen LogP contribution in [0.1, 0.15) is 55.5 Å². The molecule has 1 saturated heterocycles. The summed E-state index contributed by atoms with van der Waals surface area (Å²) in [6.07, 6.45) is 1.34. The summed E-state index contributed by atoms with van der Waals surface area (Å²) < 4.78 is 0. The second-order valence-electron chi connectivity index (χ2n) is 7.07. The molecule has 0 bridgehead atoms. The molecule has 0 radical (unpaired) electrons. The fourth-order valence-electron chi connectivity index (χ4n) is 4.12. The Labute approximate surface area is 130 Å². The maximum Gasteiger partial charge on any atom is 0.0454 e. The summed E-state index contributed by atoms with van der Waals surface area (Å²) in [7, 11) is 0. The molecule has 0 amide bonds. The Bertz CT molecular complexity index is 457. The van der Waals surface area contributed by atoms with Gasteiger partial charge in [0.15, 0.2) is 0 Å². The monoisotopic (exact) mass is 288 g/mol. The summed E-state index contributed by atoms with van der Waals surface area (Å²) in [5.41, 5.74) is 5.73. The van der Waals surface area contributed by atoms with E-state index in [1.54, 1.807) is 0 Å². The van der Waals surface area contributed by atoms with Crippen molar-refractivity contribution in [3.8, 4) is 0 Å². The number of benzene rings is 1. The van der Waals surface area contributed by atoms with Crippen LogP contribution in [-0.2, 0) is 0 Å². The van der Waals surface area contributed by atoms with Gasteiger partial charge in [0.1, 0.15) is 0 Å². The van der Waals surface area contributed by atoms with E-state index in [0.29, 0.717) is 12.1 Å². The van der Waals surface area contributed by atoms with Crippen LogP contribution in [0.15, 0.2) is 12.1 Å². The number of aryl methyl sites for hydroxylation is 3. The van der Waals surface area contributed by atoms with E-state index in [1.807, 2.05) is 0 Å². The standard InChI is InChI=1S/C19H32N2/c1-7-20-18(12-21-11-14(3)10-17(21)6)19-15(4)8-13(2)9-16(19)5/h8-9,14,17-18,20H,7,10-12H2,1-6H3. The molecule has 2 nitrogen and oxygen atoms in total. The van der Waals surface area contributed by atoms with E-state index in [2.05, 4.69) is 63.9 Å². The molecule has 3 unspecified atom stereocenters. The highest BCUT2D eigenvalue weighted by atomic mass is 15.2. The maximum absolute atomic E-state index is 3.72. The van der Waals surface area contributed by atoms with Crippen LogP contribution in [0.25, 0.3) is 0 Å². The van der Waals surface area contributed by atoms with Crippen molar-refractivity contribution in [2.75, 3.05) is 19.6 Å². The normalized spacial score (nSPS) is 24.5. The molecule has 2 rings (SSSR count). The summed E-state index contributed by atoms with van der Waals surface area (Å²) >= 11 is 0. The maximum atomic E-state index is 3.72. The van der Waals surface area contributed by atoms with Gasteiger partial charge < -0.3 is 5.32 Å². The predicted octanol–water partition coefficient (Wildman–Crippen LogP) is 3.99. The number of likely N-dealkylation sites (tertiary alicyclic amines) is 1. The first-order valence-electron chi connectivity index (χ1n) is 8.47. The average molecular weight is 288 g/mol. The van der Waals surface area contributed by atoms with E-state index >= 15 is 0 Å². The fraction of sp³-hybridized carbons (Fsp3) is 0.684. The molecule has 1 aliphatic heterocycles. The Morgan fingerprint density at radius 2 is 1.81 bits per heavy atom.